The second-order valence-electron chi connectivity index (χ2n) is 3.13. The second kappa shape index (κ2) is 4.89. The lowest BCUT2D eigenvalue weighted by atomic mass is 10.3. The third kappa shape index (κ3) is 2.58. The van der Waals surface area contributed by atoms with Crippen LogP contribution in [0, 0.1) is 0 Å². The lowest BCUT2D eigenvalue weighted by Crippen LogP contribution is -2.37. The minimum Gasteiger partial charge on any atom is -0.497 e. The molecule has 0 saturated carbocycles. The molecule has 0 fully saturated rings. The lowest BCUT2D eigenvalue weighted by Gasteiger charge is -2.21. The summed E-state index contributed by atoms with van der Waals surface area (Å²) in [5, 5.41) is 0. The van der Waals surface area contributed by atoms with Gasteiger partial charge in [0.25, 0.3) is 0 Å². The van der Waals surface area contributed by atoms with Crippen molar-refractivity contribution in [3.05, 3.63) is 37.0 Å². The number of rotatable bonds is 4. The maximum atomic E-state index is 12.4. The van der Waals surface area contributed by atoms with Crippen LogP contribution in [0.1, 0.15) is 0 Å². The molecular weight excluding hydrogens is 271 g/mol. The first-order valence-electron chi connectivity index (χ1n) is 4.61. The van der Waals surface area contributed by atoms with Gasteiger partial charge in [-0.15, -0.1) is 0 Å². The van der Waals surface area contributed by atoms with E-state index in [0.29, 0.717) is 11.9 Å². The summed E-state index contributed by atoms with van der Waals surface area (Å²) in [6.07, 6.45) is 0.588. The number of ether oxygens (including phenoxy) is 1. The van der Waals surface area contributed by atoms with E-state index in [1.807, 2.05) is 0 Å². The molecule has 0 heterocycles. The number of nitrogens with zero attached hydrogens (tertiary/aromatic N) is 1. The van der Waals surface area contributed by atoms with Gasteiger partial charge in [-0.1, -0.05) is 6.58 Å². The summed E-state index contributed by atoms with van der Waals surface area (Å²) in [7, 11) is -4.11. The molecule has 0 bridgehead atoms. The average molecular weight is 281 g/mol. The van der Waals surface area contributed by atoms with Crippen LogP contribution in [0.2, 0.25) is 0 Å². The van der Waals surface area contributed by atoms with Crippen molar-refractivity contribution in [2.75, 3.05) is 11.4 Å². The van der Waals surface area contributed by atoms with Crippen LogP contribution >= 0.6 is 0 Å². The van der Waals surface area contributed by atoms with Crippen LogP contribution in [-0.4, -0.2) is 21.0 Å². The predicted octanol–water partition coefficient (Wildman–Crippen LogP) is 2.49. The highest BCUT2D eigenvalue weighted by atomic mass is 32.2. The SMILES string of the molecule is C=CN(c1ccc(OC)cc1)S(=O)(=O)C(F)(F)F. The number of sulfonamides is 1. The average Bonchev–Trinajstić information content (AvgIpc) is 2.29. The largest absolute Gasteiger partial charge is 0.517 e. The van der Waals surface area contributed by atoms with Crippen molar-refractivity contribution < 1.29 is 26.3 Å². The van der Waals surface area contributed by atoms with Crippen molar-refractivity contribution in [1.29, 1.82) is 0 Å². The van der Waals surface area contributed by atoms with E-state index in [2.05, 4.69) is 6.58 Å². The van der Waals surface area contributed by atoms with Crippen LogP contribution in [0.5, 0.6) is 5.75 Å². The van der Waals surface area contributed by atoms with Gasteiger partial charge in [-0.25, -0.2) is 4.31 Å². The third-order valence-corrected chi connectivity index (χ3v) is 3.51. The highest BCUT2D eigenvalue weighted by molar-refractivity contribution is 7.93. The summed E-state index contributed by atoms with van der Waals surface area (Å²) in [5.74, 6) is 0.396. The molecule has 0 unspecified atom stereocenters. The van der Waals surface area contributed by atoms with Crippen molar-refractivity contribution in [2.24, 2.45) is 0 Å². The molecule has 0 radical (unpaired) electrons. The monoisotopic (exact) mass is 281 g/mol. The van der Waals surface area contributed by atoms with Gasteiger partial charge < -0.3 is 4.74 Å². The van der Waals surface area contributed by atoms with E-state index in [4.69, 9.17) is 4.74 Å². The first-order chi connectivity index (χ1) is 8.24. The standard InChI is InChI=1S/C10H10F3NO3S/c1-3-14(18(15,16)10(11,12)13)8-4-6-9(17-2)7-5-8/h3-7H,1H2,2H3. The van der Waals surface area contributed by atoms with Crippen LogP contribution in [0.15, 0.2) is 37.0 Å². The third-order valence-electron chi connectivity index (χ3n) is 2.04. The zero-order valence-electron chi connectivity index (χ0n) is 9.31. The van der Waals surface area contributed by atoms with Crippen LogP contribution < -0.4 is 9.04 Å². The van der Waals surface area contributed by atoms with Gasteiger partial charge in [-0.2, -0.15) is 21.6 Å². The fourth-order valence-electron chi connectivity index (χ4n) is 1.18. The van der Waals surface area contributed by atoms with Gasteiger partial charge in [0.2, 0.25) is 0 Å². The van der Waals surface area contributed by atoms with Crippen molar-refractivity contribution in [2.45, 2.75) is 5.51 Å². The minimum atomic E-state index is -5.49. The summed E-state index contributed by atoms with van der Waals surface area (Å²) < 4.78 is 64.6. The van der Waals surface area contributed by atoms with E-state index in [9.17, 15) is 21.6 Å². The Morgan fingerprint density at radius 1 is 1.28 bits per heavy atom. The fourth-order valence-corrected chi connectivity index (χ4v) is 2.00. The maximum Gasteiger partial charge on any atom is 0.517 e. The number of alkyl halides is 3. The smallest absolute Gasteiger partial charge is 0.497 e. The molecule has 4 nitrogen and oxygen atoms in total. The fraction of sp³-hybridized carbons (Fsp3) is 0.200. The van der Waals surface area contributed by atoms with Gasteiger partial charge in [0.15, 0.2) is 0 Å². The van der Waals surface area contributed by atoms with E-state index in [1.165, 1.54) is 31.4 Å². The Hall–Kier alpha value is -1.70. The molecule has 8 heteroatoms. The number of anilines is 1. The molecule has 0 N–H and O–H groups in total. The summed E-state index contributed by atoms with van der Waals surface area (Å²) in [6.45, 7) is 3.08. The molecule has 0 aliphatic carbocycles. The summed E-state index contributed by atoms with van der Waals surface area (Å²) in [6, 6.07) is 5.06. The molecule has 0 aliphatic heterocycles. The molecule has 0 aliphatic rings. The van der Waals surface area contributed by atoms with E-state index in [0.717, 1.165) is 0 Å². The van der Waals surface area contributed by atoms with Crippen molar-refractivity contribution in [1.82, 2.24) is 0 Å². The molecule has 1 aromatic carbocycles. The van der Waals surface area contributed by atoms with Crippen molar-refractivity contribution in [3.63, 3.8) is 0 Å². The topological polar surface area (TPSA) is 46.6 Å². The van der Waals surface area contributed by atoms with Crippen LogP contribution in [0.3, 0.4) is 0 Å². The number of benzene rings is 1. The second-order valence-corrected chi connectivity index (χ2v) is 4.93. The molecule has 0 atom stereocenters. The molecule has 1 aromatic rings. The summed E-state index contributed by atoms with van der Waals surface area (Å²) in [5.41, 5.74) is -5.57. The molecule has 18 heavy (non-hydrogen) atoms. The molecule has 0 saturated heterocycles. The van der Waals surface area contributed by atoms with Gasteiger partial charge >= 0.3 is 15.5 Å². The molecule has 0 aromatic heterocycles. The van der Waals surface area contributed by atoms with Crippen molar-refractivity contribution in [3.8, 4) is 5.75 Å². The van der Waals surface area contributed by atoms with E-state index in [1.54, 1.807) is 0 Å². The summed E-state index contributed by atoms with van der Waals surface area (Å²) in [4.78, 5) is 0. The van der Waals surface area contributed by atoms with E-state index < -0.39 is 15.5 Å². The van der Waals surface area contributed by atoms with Crippen LogP contribution in [0.4, 0.5) is 18.9 Å². The number of hydrogen-bond donors (Lipinski definition) is 0. The summed E-state index contributed by atoms with van der Waals surface area (Å²) >= 11 is 0. The van der Waals surface area contributed by atoms with Gasteiger partial charge in [0, 0.05) is 6.20 Å². The number of methoxy groups -OCH3 is 1. The Bertz CT molecular complexity index is 522. The van der Waals surface area contributed by atoms with E-state index in [-0.39, 0.29) is 9.99 Å². The normalized spacial score (nSPS) is 12.0. The Labute approximate surface area is 102 Å². The predicted molar refractivity (Wildman–Crippen MR) is 60.6 cm³/mol. The van der Waals surface area contributed by atoms with Gasteiger partial charge in [-0.3, -0.25) is 0 Å². The molecule has 0 spiro atoms. The Morgan fingerprint density at radius 3 is 2.11 bits per heavy atom. The zero-order valence-corrected chi connectivity index (χ0v) is 10.1. The van der Waals surface area contributed by atoms with Gasteiger partial charge in [0.05, 0.1) is 12.8 Å². The Morgan fingerprint density at radius 2 is 1.78 bits per heavy atom. The highest BCUT2D eigenvalue weighted by Crippen LogP contribution is 2.31. The molecular formula is C10H10F3NO3S. The highest BCUT2D eigenvalue weighted by Gasteiger charge is 2.49. The number of halogens is 3. The molecule has 1 rings (SSSR count). The molecule has 0 amide bonds. The van der Waals surface area contributed by atoms with Crippen LogP contribution in [-0.2, 0) is 10.0 Å². The first kappa shape index (κ1) is 14.4. The van der Waals surface area contributed by atoms with Crippen LogP contribution in [0.25, 0.3) is 0 Å². The van der Waals surface area contributed by atoms with E-state index >= 15 is 0 Å². The molecule has 100 valence electrons. The van der Waals surface area contributed by atoms with Crippen molar-refractivity contribution >= 4 is 15.7 Å². The minimum absolute atomic E-state index is 0.0619. The Balaban J connectivity index is 3.22. The lowest BCUT2D eigenvalue weighted by molar-refractivity contribution is -0.0435. The maximum absolute atomic E-state index is 12.4. The number of hydrogen-bond acceptors (Lipinski definition) is 3. The zero-order chi connectivity index (χ0) is 14.0. The Kier molecular flexibility index (Phi) is 3.90. The van der Waals surface area contributed by atoms with Gasteiger partial charge in [-0.05, 0) is 24.3 Å². The first-order valence-corrected chi connectivity index (χ1v) is 6.05. The quantitative estimate of drug-likeness (QED) is 0.852. The van der Waals surface area contributed by atoms with Gasteiger partial charge in [0.1, 0.15) is 5.75 Å².